The molecule has 0 bridgehead atoms. The minimum absolute atomic E-state index is 0.00622. The Labute approximate surface area is 143 Å². The highest BCUT2D eigenvalue weighted by Gasteiger charge is 2.17. The summed E-state index contributed by atoms with van der Waals surface area (Å²) in [5, 5.41) is 34.7. The molecule has 0 radical (unpaired) electrons. The van der Waals surface area contributed by atoms with Gasteiger partial charge in [0.25, 0.3) is 0 Å². The van der Waals surface area contributed by atoms with Crippen molar-refractivity contribution in [3.63, 3.8) is 0 Å². The first-order valence-corrected chi connectivity index (χ1v) is 7.49. The third-order valence-corrected chi connectivity index (χ3v) is 2.86. The van der Waals surface area contributed by atoms with Crippen LogP contribution in [0, 0.1) is 0 Å². The topological polar surface area (TPSA) is 171 Å². The zero-order chi connectivity index (χ0) is 19.2. The third kappa shape index (κ3) is 15.1. The lowest BCUT2D eigenvalue weighted by atomic mass is 10.2. The minimum atomic E-state index is -1.19. The van der Waals surface area contributed by atoms with Gasteiger partial charge >= 0.3 is 23.9 Å². The highest BCUT2D eigenvalue weighted by Crippen LogP contribution is 2.02. The second-order valence-corrected chi connectivity index (χ2v) is 5.16. The van der Waals surface area contributed by atoms with Crippen LogP contribution in [0.4, 0.5) is 0 Å². The Bertz CT molecular complexity index is 437. The molecule has 0 heterocycles. The fourth-order valence-electron chi connectivity index (χ4n) is 1.85. The van der Waals surface area contributed by atoms with Crippen LogP contribution in [0.25, 0.3) is 0 Å². The van der Waals surface area contributed by atoms with Crippen molar-refractivity contribution >= 4 is 23.9 Å². The molecule has 0 aromatic rings. The second kappa shape index (κ2) is 13.1. The molecule has 0 rings (SSSR count). The van der Waals surface area contributed by atoms with Gasteiger partial charge < -0.3 is 29.9 Å². The van der Waals surface area contributed by atoms with E-state index in [2.05, 4.69) is 0 Å². The van der Waals surface area contributed by atoms with Gasteiger partial charge in [-0.05, 0) is 6.42 Å². The summed E-state index contributed by atoms with van der Waals surface area (Å²) in [4.78, 5) is 43.6. The van der Waals surface area contributed by atoms with Crippen LogP contribution in [0.15, 0.2) is 0 Å². The molecular formula is C14H23NO10. The zero-order valence-corrected chi connectivity index (χ0v) is 13.6. The SMILES string of the molecule is O=C(O)CCCOCC(CC(=O)O)OCCN(CC(=O)O)CC(=O)O. The lowest BCUT2D eigenvalue weighted by Crippen LogP contribution is -2.38. The quantitative estimate of drug-likeness (QED) is 0.252. The Morgan fingerprint density at radius 3 is 1.92 bits per heavy atom. The number of carboxylic acids is 4. The summed E-state index contributed by atoms with van der Waals surface area (Å²) in [5.74, 6) is -4.46. The predicted octanol–water partition coefficient (Wildman–Crippen LogP) is -0.801. The van der Waals surface area contributed by atoms with Crippen molar-refractivity contribution in [2.75, 3.05) is 39.5 Å². The van der Waals surface area contributed by atoms with Gasteiger partial charge in [0.1, 0.15) is 0 Å². The van der Waals surface area contributed by atoms with Crippen LogP contribution in [0.2, 0.25) is 0 Å². The molecule has 0 aromatic carbocycles. The molecule has 0 aromatic heterocycles. The molecule has 11 heteroatoms. The van der Waals surface area contributed by atoms with Gasteiger partial charge in [0, 0.05) is 19.6 Å². The molecule has 0 spiro atoms. The number of ether oxygens (including phenoxy) is 2. The number of hydrogen-bond acceptors (Lipinski definition) is 7. The van der Waals surface area contributed by atoms with Crippen molar-refractivity contribution in [2.45, 2.75) is 25.4 Å². The van der Waals surface area contributed by atoms with E-state index in [0.717, 1.165) is 4.90 Å². The molecule has 0 aliphatic heterocycles. The molecule has 4 N–H and O–H groups in total. The fraction of sp³-hybridized carbons (Fsp3) is 0.714. The smallest absolute Gasteiger partial charge is 0.317 e. The molecule has 0 saturated carbocycles. The zero-order valence-electron chi connectivity index (χ0n) is 13.6. The number of carbonyl (C=O) groups is 4. The molecule has 144 valence electrons. The number of rotatable bonds is 16. The molecule has 0 aliphatic rings. The first-order valence-electron chi connectivity index (χ1n) is 7.49. The molecule has 1 atom stereocenters. The van der Waals surface area contributed by atoms with E-state index in [-0.39, 0.29) is 45.6 Å². The van der Waals surface area contributed by atoms with Gasteiger partial charge in [-0.15, -0.1) is 0 Å². The summed E-state index contributed by atoms with van der Waals surface area (Å²) in [5.41, 5.74) is 0. The first-order chi connectivity index (χ1) is 11.7. The van der Waals surface area contributed by atoms with E-state index < -0.39 is 43.1 Å². The highest BCUT2D eigenvalue weighted by atomic mass is 16.5. The van der Waals surface area contributed by atoms with Crippen LogP contribution in [-0.4, -0.2) is 94.8 Å². The molecule has 1 unspecified atom stereocenters. The summed E-state index contributed by atoms with van der Waals surface area (Å²) < 4.78 is 10.5. The summed E-state index contributed by atoms with van der Waals surface area (Å²) >= 11 is 0. The van der Waals surface area contributed by atoms with Gasteiger partial charge in [-0.2, -0.15) is 0 Å². The van der Waals surface area contributed by atoms with Gasteiger partial charge in [0.2, 0.25) is 0 Å². The van der Waals surface area contributed by atoms with E-state index in [9.17, 15) is 19.2 Å². The standard InChI is InChI=1S/C14H23NO10/c16-11(17)2-1-4-24-9-10(6-12(18)19)25-5-3-15(7-13(20)21)8-14(22)23/h10H,1-9H2,(H,16,17)(H,18,19)(H,20,21)(H,22,23). The van der Waals surface area contributed by atoms with Crippen LogP contribution < -0.4 is 0 Å². The van der Waals surface area contributed by atoms with Gasteiger partial charge in [0.05, 0.1) is 38.8 Å². The fourth-order valence-corrected chi connectivity index (χ4v) is 1.85. The average Bonchev–Trinajstić information content (AvgIpc) is 2.44. The van der Waals surface area contributed by atoms with Gasteiger partial charge in [-0.1, -0.05) is 0 Å². The van der Waals surface area contributed by atoms with Crippen molar-refractivity contribution in [1.29, 1.82) is 0 Å². The van der Waals surface area contributed by atoms with Crippen molar-refractivity contribution < 1.29 is 49.1 Å². The Morgan fingerprint density at radius 2 is 1.44 bits per heavy atom. The first kappa shape index (κ1) is 22.8. The molecule has 0 amide bonds. The van der Waals surface area contributed by atoms with Crippen LogP contribution in [-0.2, 0) is 28.7 Å². The van der Waals surface area contributed by atoms with Crippen molar-refractivity contribution in [2.24, 2.45) is 0 Å². The predicted molar refractivity (Wildman–Crippen MR) is 81.4 cm³/mol. The van der Waals surface area contributed by atoms with E-state index in [0.29, 0.717) is 0 Å². The van der Waals surface area contributed by atoms with Crippen LogP contribution in [0.3, 0.4) is 0 Å². The van der Waals surface area contributed by atoms with Crippen LogP contribution in [0.5, 0.6) is 0 Å². The summed E-state index contributed by atoms with van der Waals surface area (Å²) in [6, 6.07) is 0. The molecule has 0 fully saturated rings. The van der Waals surface area contributed by atoms with Gasteiger partial charge in [-0.3, -0.25) is 24.1 Å². The number of aliphatic carboxylic acids is 4. The molecule has 25 heavy (non-hydrogen) atoms. The Hall–Kier alpha value is -2.24. The molecular weight excluding hydrogens is 342 g/mol. The van der Waals surface area contributed by atoms with Gasteiger partial charge in [-0.25, -0.2) is 0 Å². The largest absolute Gasteiger partial charge is 0.481 e. The van der Waals surface area contributed by atoms with Crippen molar-refractivity contribution in [1.82, 2.24) is 4.90 Å². The van der Waals surface area contributed by atoms with Crippen molar-refractivity contribution in [3.8, 4) is 0 Å². The number of nitrogens with zero attached hydrogens (tertiary/aromatic N) is 1. The second-order valence-electron chi connectivity index (χ2n) is 5.16. The van der Waals surface area contributed by atoms with Crippen LogP contribution in [0.1, 0.15) is 19.3 Å². The van der Waals surface area contributed by atoms with E-state index in [1.807, 2.05) is 0 Å². The molecule has 0 saturated heterocycles. The Kier molecular flexibility index (Phi) is 11.9. The normalized spacial score (nSPS) is 12.0. The Balaban J connectivity index is 4.25. The van der Waals surface area contributed by atoms with E-state index in [4.69, 9.17) is 29.9 Å². The van der Waals surface area contributed by atoms with E-state index in [1.165, 1.54) is 0 Å². The van der Waals surface area contributed by atoms with Crippen LogP contribution >= 0.6 is 0 Å². The molecule has 11 nitrogen and oxygen atoms in total. The number of carboxylic acid groups (broad SMARTS) is 4. The van der Waals surface area contributed by atoms with Gasteiger partial charge in [0.15, 0.2) is 0 Å². The highest BCUT2D eigenvalue weighted by molar-refractivity contribution is 5.72. The van der Waals surface area contributed by atoms with E-state index in [1.54, 1.807) is 0 Å². The maximum absolute atomic E-state index is 10.8. The van der Waals surface area contributed by atoms with E-state index >= 15 is 0 Å². The third-order valence-electron chi connectivity index (χ3n) is 2.86. The average molecular weight is 365 g/mol. The van der Waals surface area contributed by atoms with Crippen molar-refractivity contribution in [3.05, 3.63) is 0 Å². The minimum Gasteiger partial charge on any atom is -0.481 e. The Morgan fingerprint density at radius 1 is 0.840 bits per heavy atom. The maximum atomic E-state index is 10.8. The summed E-state index contributed by atoms with van der Waals surface area (Å²) in [7, 11) is 0. The molecule has 0 aliphatic carbocycles. The lowest BCUT2D eigenvalue weighted by Gasteiger charge is -2.21. The summed E-state index contributed by atoms with van der Waals surface area (Å²) in [6.07, 6.45) is -0.945. The monoisotopic (exact) mass is 365 g/mol. The maximum Gasteiger partial charge on any atom is 0.317 e. The number of hydrogen-bond donors (Lipinski definition) is 4. The lowest BCUT2D eigenvalue weighted by molar-refractivity contribution is -0.142. The summed E-state index contributed by atoms with van der Waals surface area (Å²) in [6.45, 7) is -0.972.